The molecule has 0 aliphatic carbocycles. The van der Waals surface area contributed by atoms with Crippen LogP contribution in [0.4, 0.5) is 105 Å². The molecule has 0 saturated carbocycles. The van der Waals surface area contributed by atoms with Gasteiger partial charge in [0.25, 0.3) is 0 Å². The molecule has 0 spiro atoms. The first-order valence-corrected chi connectivity index (χ1v) is 19.9. The summed E-state index contributed by atoms with van der Waals surface area (Å²) >= 11 is 0. The zero-order chi connectivity index (χ0) is 54.7. The predicted molar refractivity (Wildman–Crippen MR) is 202 cm³/mol. The van der Waals surface area contributed by atoms with Crippen LogP contribution in [0.2, 0.25) is 0 Å². The van der Waals surface area contributed by atoms with E-state index in [4.69, 9.17) is 14.0 Å². The second kappa shape index (κ2) is 21.4. The van der Waals surface area contributed by atoms with Crippen LogP contribution in [0.5, 0.6) is 17.2 Å². The van der Waals surface area contributed by atoms with Crippen molar-refractivity contribution in [1.82, 2.24) is 0 Å². The third-order valence-electron chi connectivity index (χ3n) is 10.5. The summed E-state index contributed by atoms with van der Waals surface area (Å²) in [6.45, 7) is 6.16. The molecule has 0 heterocycles. The largest absolute Gasteiger partial charge is 0.864 e. The van der Waals surface area contributed by atoms with E-state index in [0.29, 0.717) is 12.1 Å². The highest BCUT2D eigenvalue weighted by Gasteiger charge is 2.48. The van der Waals surface area contributed by atoms with E-state index in [0.717, 1.165) is 0 Å². The molecule has 0 aliphatic heterocycles. The fraction of sp³-hybridized carbons (Fsp3) is 0.429. The van der Waals surface area contributed by atoms with Gasteiger partial charge in [0.1, 0.15) is 23.3 Å². The van der Waals surface area contributed by atoms with Gasteiger partial charge in [0, 0.05) is 6.42 Å². The Morgan fingerprint density at radius 1 is 0.408 bits per heavy atom. The molecule has 29 heteroatoms. The Labute approximate surface area is 386 Å². The number of hydrogen-bond donors (Lipinski definition) is 0. The average Bonchev–Trinajstić information content (AvgIpc) is 3.21. The molecule has 4 rings (SSSR count). The summed E-state index contributed by atoms with van der Waals surface area (Å²) in [7, 11) is -3.27. The summed E-state index contributed by atoms with van der Waals surface area (Å²) < 4.78 is 338. The van der Waals surface area contributed by atoms with Crippen LogP contribution in [-0.2, 0) is 49.4 Å². The smallest absolute Gasteiger partial charge is 0.490 e. The number of benzene rings is 4. The quantitative estimate of drug-likeness (QED) is 0.0578. The highest BCUT2D eigenvalue weighted by molar-refractivity contribution is 6.39. The molecular weight excluding hydrogens is 1030 g/mol. The van der Waals surface area contributed by atoms with Crippen molar-refractivity contribution in [2.24, 2.45) is 0 Å². The van der Waals surface area contributed by atoms with Gasteiger partial charge in [-0.15, -0.1) is 6.07 Å². The Morgan fingerprint density at radius 3 is 1.00 bits per heavy atom. The highest BCUT2D eigenvalue weighted by atomic mass is 19.4. The van der Waals surface area contributed by atoms with Gasteiger partial charge in [-0.1, -0.05) is 24.5 Å². The van der Waals surface area contributed by atoms with E-state index >= 15 is 0 Å². The van der Waals surface area contributed by atoms with Crippen LogP contribution in [0.1, 0.15) is 96.6 Å². The van der Waals surface area contributed by atoms with Gasteiger partial charge in [0.05, 0.1) is 58.6 Å². The molecule has 71 heavy (non-hydrogen) atoms. The molecule has 0 amide bonds. The molecule has 0 saturated heterocycles. The first-order chi connectivity index (χ1) is 32.0. The molecule has 4 aromatic carbocycles. The van der Waals surface area contributed by atoms with Gasteiger partial charge in [-0.05, 0) is 69.3 Å². The summed E-state index contributed by atoms with van der Waals surface area (Å²) in [5.41, 5.74) is -16.2. The van der Waals surface area contributed by atoms with Crippen LogP contribution in [0.3, 0.4) is 0 Å². The van der Waals surface area contributed by atoms with E-state index in [1.54, 1.807) is 6.07 Å². The molecule has 0 bridgehead atoms. The zero-order valence-electron chi connectivity index (χ0n) is 36.3. The van der Waals surface area contributed by atoms with Gasteiger partial charge >= 0.3 is 56.7 Å². The van der Waals surface area contributed by atoms with Crippen molar-refractivity contribution < 1.29 is 124 Å². The molecular formula is C42H34BF24NO3. The van der Waals surface area contributed by atoms with Crippen LogP contribution in [0.15, 0.2) is 66.7 Å². The Morgan fingerprint density at radius 2 is 0.718 bits per heavy atom. The first kappa shape index (κ1) is 59.9. The monoisotopic (exact) mass is 1070 g/mol. The van der Waals surface area contributed by atoms with Crippen LogP contribution in [0, 0.1) is 6.07 Å². The lowest BCUT2D eigenvalue weighted by molar-refractivity contribution is -0.953. The second-order valence-electron chi connectivity index (χ2n) is 15.0. The van der Waals surface area contributed by atoms with Gasteiger partial charge in [0.2, 0.25) is 0 Å². The summed E-state index contributed by atoms with van der Waals surface area (Å²) in [6, 6.07) is -0.456. The minimum Gasteiger partial charge on any atom is -0.490 e. The van der Waals surface area contributed by atoms with Gasteiger partial charge < -0.3 is 18.4 Å². The zero-order valence-corrected chi connectivity index (χ0v) is 36.3. The lowest BCUT2D eigenvalue weighted by Crippen LogP contribution is -2.51. The van der Waals surface area contributed by atoms with Crippen molar-refractivity contribution in [2.45, 2.75) is 96.0 Å². The average molecular weight is 1070 g/mol. The Balaban J connectivity index is 0.000000814. The van der Waals surface area contributed by atoms with Gasteiger partial charge in [0.15, 0.2) is 0 Å². The number of alkyl halides is 24. The van der Waals surface area contributed by atoms with Gasteiger partial charge in [-0.3, -0.25) is 0 Å². The minimum absolute atomic E-state index is 0.0285. The van der Waals surface area contributed by atoms with Crippen LogP contribution >= 0.6 is 0 Å². The molecule has 0 aliphatic rings. The summed E-state index contributed by atoms with van der Waals surface area (Å²) in [5, 5.41) is 0. The standard InChI is InChI=1S/C34H31BF18NO3.C8H3F6/c1-5-9-26(54(6-2,7-3)8-4)28-25(34(51,52)53)16-22(33(48,49)50)17-27(28)57-35(55-23-12-18(29(36,37)38)10-19(13-23)30(39,40)41)56-24-14-20(31(42,43)44)11-21(15-24)32(45,46)47;9-7(10,11)5-2-1-3-6(4-5)8(12,13)14/h10-17,26H,5-9H2,1-4H3;2-4H/q+1;-1. The molecule has 0 aromatic heterocycles. The molecule has 0 fully saturated rings. The number of quaternary nitrogens is 1. The SMILES string of the molecule is CCCC(c1c(OB(Oc2cc(C(F)(F)F)cc(C(F)(F)F)c2)Oc2cc(C(F)(F)F)cc(C(F)(F)F)c2)cc(C(F)(F)F)cc1C(F)(F)F)[N+](CC)(CC)CC.FC(F)(F)c1c[c-]cc(C(F)(F)F)c1. The fourth-order valence-electron chi connectivity index (χ4n) is 6.95. The van der Waals surface area contributed by atoms with Crippen LogP contribution in [0.25, 0.3) is 0 Å². The molecule has 0 N–H and O–H groups in total. The normalized spacial score (nSPS) is 13.9. The van der Waals surface area contributed by atoms with Gasteiger partial charge in [-0.2, -0.15) is 124 Å². The molecule has 1 unspecified atom stereocenters. The summed E-state index contributed by atoms with van der Waals surface area (Å²) in [5.74, 6) is -4.63. The van der Waals surface area contributed by atoms with Crippen molar-refractivity contribution in [3.63, 3.8) is 0 Å². The van der Waals surface area contributed by atoms with Crippen molar-refractivity contribution in [1.29, 1.82) is 0 Å². The summed E-state index contributed by atoms with van der Waals surface area (Å²) in [4.78, 5) is 0. The van der Waals surface area contributed by atoms with E-state index < -0.39 is 142 Å². The Hall–Kier alpha value is -5.38. The topological polar surface area (TPSA) is 27.7 Å². The van der Waals surface area contributed by atoms with Crippen molar-refractivity contribution in [2.75, 3.05) is 19.6 Å². The molecule has 0 radical (unpaired) electrons. The molecule has 4 aromatic rings. The number of halogens is 24. The molecule has 396 valence electrons. The maximum absolute atomic E-state index is 14.8. The predicted octanol–water partition coefficient (Wildman–Crippen LogP) is 16.6. The maximum Gasteiger partial charge on any atom is 0.864 e. The molecule has 1 atom stereocenters. The minimum atomic E-state index is -5.63. The lowest BCUT2D eigenvalue weighted by atomic mass is 9.89. The Bertz CT molecular complexity index is 2230. The Kier molecular flexibility index (Phi) is 18.0. The van der Waals surface area contributed by atoms with E-state index in [1.807, 2.05) is 0 Å². The summed E-state index contributed by atoms with van der Waals surface area (Å²) in [6.07, 6.45) is -43.3. The van der Waals surface area contributed by atoms with Gasteiger partial charge in [-0.25, -0.2) is 0 Å². The van der Waals surface area contributed by atoms with E-state index in [-0.39, 0.29) is 79.4 Å². The van der Waals surface area contributed by atoms with E-state index in [1.165, 1.54) is 27.7 Å². The number of rotatable bonds is 13. The maximum atomic E-state index is 14.8. The van der Waals surface area contributed by atoms with Crippen molar-refractivity contribution >= 4 is 7.32 Å². The second-order valence-corrected chi connectivity index (χ2v) is 15.0. The lowest BCUT2D eigenvalue weighted by Gasteiger charge is -2.44. The van der Waals surface area contributed by atoms with Crippen molar-refractivity contribution in [3.8, 4) is 17.2 Å². The first-order valence-electron chi connectivity index (χ1n) is 19.9. The molecule has 4 nitrogen and oxygen atoms in total. The third-order valence-corrected chi connectivity index (χ3v) is 10.5. The van der Waals surface area contributed by atoms with E-state index in [9.17, 15) is 105 Å². The third kappa shape index (κ3) is 15.8. The van der Waals surface area contributed by atoms with E-state index in [2.05, 4.69) is 0 Å². The number of nitrogens with zero attached hydrogens (tertiary/aromatic N) is 1. The fourth-order valence-corrected chi connectivity index (χ4v) is 6.95. The number of hydrogen-bond acceptors (Lipinski definition) is 3. The van der Waals surface area contributed by atoms with Crippen LogP contribution in [-0.4, -0.2) is 31.4 Å². The van der Waals surface area contributed by atoms with Crippen LogP contribution < -0.4 is 14.0 Å². The van der Waals surface area contributed by atoms with Crippen molar-refractivity contribution in [3.05, 3.63) is 123 Å². The highest BCUT2D eigenvalue weighted by Crippen LogP contribution is 2.49.